The Balaban J connectivity index is 1.66. The molecule has 1 N–H and O–H groups in total. The van der Waals surface area contributed by atoms with Crippen molar-refractivity contribution in [1.29, 1.82) is 0 Å². The van der Waals surface area contributed by atoms with Crippen LogP contribution < -0.4 is 15.2 Å². The van der Waals surface area contributed by atoms with E-state index in [-0.39, 0.29) is 16.5 Å². The summed E-state index contributed by atoms with van der Waals surface area (Å²) >= 11 is 0. The van der Waals surface area contributed by atoms with Crippen molar-refractivity contribution in [2.24, 2.45) is 7.05 Å². The Hall–Kier alpha value is -3.85. The summed E-state index contributed by atoms with van der Waals surface area (Å²) in [6.45, 7) is 1.68. The van der Waals surface area contributed by atoms with Gasteiger partial charge in [0, 0.05) is 30.4 Å². The minimum absolute atomic E-state index is 0.00936. The molecule has 1 aromatic heterocycles. The van der Waals surface area contributed by atoms with Crippen molar-refractivity contribution in [2.75, 3.05) is 16.7 Å². The molecule has 1 aliphatic rings. The van der Waals surface area contributed by atoms with Crippen LogP contribution in [0.1, 0.15) is 16.1 Å². The maximum Gasteiger partial charge on any atom is 0.296 e. The zero-order valence-corrected chi connectivity index (χ0v) is 18.5. The SMILES string of the molecule is Cc1c(NS(=O)(=O)c2ccc3c4c(cccc24)C(=O)N3C)c(=O)n(-c2ccccc2)n1C. The van der Waals surface area contributed by atoms with Gasteiger partial charge in [0.05, 0.1) is 22.0 Å². The summed E-state index contributed by atoms with van der Waals surface area (Å²) in [7, 11) is -0.766. The molecular weight excluding hydrogens is 428 g/mol. The number of amides is 1. The molecule has 162 valence electrons. The van der Waals surface area contributed by atoms with Gasteiger partial charge >= 0.3 is 0 Å². The fraction of sp³-hybridized carbons (Fsp3) is 0.130. The minimum atomic E-state index is -4.12. The van der Waals surface area contributed by atoms with Crippen LogP contribution in [-0.2, 0) is 17.1 Å². The molecule has 0 fully saturated rings. The maximum absolute atomic E-state index is 13.4. The third-order valence-electron chi connectivity index (χ3n) is 5.96. The highest BCUT2D eigenvalue weighted by Gasteiger charge is 2.31. The van der Waals surface area contributed by atoms with Gasteiger partial charge in [-0.15, -0.1) is 0 Å². The predicted octanol–water partition coefficient (Wildman–Crippen LogP) is 3.03. The van der Waals surface area contributed by atoms with Gasteiger partial charge in [-0.2, -0.15) is 0 Å². The number of nitrogens with zero attached hydrogens (tertiary/aromatic N) is 3. The maximum atomic E-state index is 13.4. The summed E-state index contributed by atoms with van der Waals surface area (Å²) in [5.41, 5.74) is 1.72. The van der Waals surface area contributed by atoms with Gasteiger partial charge in [0.2, 0.25) is 0 Å². The van der Waals surface area contributed by atoms with Crippen molar-refractivity contribution in [1.82, 2.24) is 9.36 Å². The van der Waals surface area contributed by atoms with Gasteiger partial charge in [-0.3, -0.25) is 19.0 Å². The number of nitrogens with one attached hydrogen (secondary N) is 1. The van der Waals surface area contributed by atoms with Crippen LogP contribution in [0.15, 0.2) is 70.4 Å². The van der Waals surface area contributed by atoms with E-state index < -0.39 is 15.6 Å². The molecule has 0 saturated heterocycles. The summed E-state index contributed by atoms with van der Waals surface area (Å²) in [6, 6.07) is 17.1. The van der Waals surface area contributed by atoms with E-state index in [1.54, 1.807) is 74.2 Å². The second kappa shape index (κ2) is 6.83. The monoisotopic (exact) mass is 448 g/mol. The van der Waals surface area contributed by atoms with E-state index in [0.29, 0.717) is 33.4 Å². The summed E-state index contributed by atoms with van der Waals surface area (Å²) in [6.07, 6.45) is 0. The van der Waals surface area contributed by atoms with E-state index in [0.717, 1.165) is 0 Å². The van der Waals surface area contributed by atoms with Crippen LogP contribution in [0.2, 0.25) is 0 Å². The zero-order chi connectivity index (χ0) is 22.8. The molecule has 0 aliphatic carbocycles. The van der Waals surface area contributed by atoms with Crippen LogP contribution in [0, 0.1) is 6.92 Å². The molecule has 3 aromatic carbocycles. The number of hydrogen-bond donors (Lipinski definition) is 1. The molecule has 2 heterocycles. The normalized spacial score (nSPS) is 13.2. The Morgan fingerprint density at radius 2 is 1.59 bits per heavy atom. The first-order valence-corrected chi connectivity index (χ1v) is 11.4. The fourth-order valence-corrected chi connectivity index (χ4v) is 5.54. The average Bonchev–Trinajstić information content (AvgIpc) is 3.15. The number of rotatable bonds is 4. The molecule has 0 unspecified atom stereocenters. The smallest absolute Gasteiger partial charge is 0.296 e. The number of sulfonamides is 1. The molecule has 1 aliphatic heterocycles. The molecule has 0 saturated carbocycles. The zero-order valence-electron chi connectivity index (χ0n) is 17.7. The second-order valence-corrected chi connectivity index (χ2v) is 9.37. The molecule has 9 heteroatoms. The van der Waals surface area contributed by atoms with Gasteiger partial charge in [0.1, 0.15) is 5.69 Å². The van der Waals surface area contributed by atoms with Crippen molar-refractivity contribution in [2.45, 2.75) is 11.8 Å². The topological polar surface area (TPSA) is 93.4 Å². The van der Waals surface area contributed by atoms with Gasteiger partial charge in [-0.1, -0.05) is 30.3 Å². The summed E-state index contributed by atoms with van der Waals surface area (Å²) in [5.74, 6) is -0.183. The summed E-state index contributed by atoms with van der Waals surface area (Å²) < 4.78 is 32.3. The lowest BCUT2D eigenvalue weighted by molar-refractivity contribution is 0.0999. The summed E-state index contributed by atoms with van der Waals surface area (Å²) in [5, 5.41) is 1.02. The lowest BCUT2D eigenvalue weighted by Crippen LogP contribution is -2.23. The Bertz CT molecular complexity index is 1580. The Morgan fingerprint density at radius 1 is 0.875 bits per heavy atom. The van der Waals surface area contributed by atoms with Crippen molar-refractivity contribution < 1.29 is 13.2 Å². The van der Waals surface area contributed by atoms with Crippen LogP contribution in [-0.4, -0.2) is 30.7 Å². The van der Waals surface area contributed by atoms with Gasteiger partial charge in [0.25, 0.3) is 21.5 Å². The third kappa shape index (κ3) is 2.71. The third-order valence-corrected chi connectivity index (χ3v) is 7.36. The number of carbonyl (C=O) groups is 1. The number of aromatic nitrogens is 2. The summed E-state index contributed by atoms with van der Waals surface area (Å²) in [4.78, 5) is 27.2. The van der Waals surface area contributed by atoms with Crippen molar-refractivity contribution >= 4 is 38.1 Å². The lowest BCUT2D eigenvalue weighted by atomic mass is 10.1. The molecule has 0 radical (unpaired) electrons. The molecule has 4 aromatic rings. The average molecular weight is 449 g/mol. The van der Waals surface area contributed by atoms with Gasteiger partial charge < -0.3 is 4.90 Å². The first kappa shape index (κ1) is 20.1. The van der Waals surface area contributed by atoms with E-state index >= 15 is 0 Å². The minimum Gasteiger partial charge on any atom is -0.311 e. The number of anilines is 2. The van der Waals surface area contributed by atoms with E-state index in [4.69, 9.17) is 0 Å². The highest BCUT2D eigenvalue weighted by atomic mass is 32.2. The number of hydrogen-bond acceptors (Lipinski definition) is 4. The number of para-hydroxylation sites is 1. The van der Waals surface area contributed by atoms with E-state index in [1.807, 2.05) is 6.07 Å². The van der Waals surface area contributed by atoms with Crippen molar-refractivity contribution in [3.63, 3.8) is 0 Å². The number of carbonyl (C=O) groups excluding carboxylic acids is 1. The van der Waals surface area contributed by atoms with Gasteiger partial charge in [-0.05, 0) is 37.3 Å². The molecule has 0 atom stereocenters. The Labute approximate surface area is 184 Å². The Morgan fingerprint density at radius 3 is 2.31 bits per heavy atom. The van der Waals surface area contributed by atoms with E-state index in [1.165, 1.54) is 15.6 Å². The quantitative estimate of drug-likeness (QED) is 0.519. The Kier molecular flexibility index (Phi) is 4.28. The van der Waals surface area contributed by atoms with Crippen LogP contribution >= 0.6 is 0 Å². The largest absolute Gasteiger partial charge is 0.311 e. The van der Waals surface area contributed by atoms with Crippen molar-refractivity contribution in [3.8, 4) is 5.69 Å². The molecule has 32 heavy (non-hydrogen) atoms. The molecule has 8 nitrogen and oxygen atoms in total. The first-order valence-electron chi connectivity index (χ1n) is 9.93. The van der Waals surface area contributed by atoms with Gasteiger partial charge in [0.15, 0.2) is 0 Å². The predicted molar refractivity (Wildman–Crippen MR) is 123 cm³/mol. The fourth-order valence-electron chi connectivity index (χ4n) is 4.22. The number of benzene rings is 3. The molecule has 5 rings (SSSR count). The van der Waals surface area contributed by atoms with Gasteiger partial charge in [-0.25, -0.2) is 13.1 Å². The second-order valence-electron chi connectivity index (χ2n) is 7.72. The van der Waals surface area contributed by atoms with Crippen LogP contribution in [0.3, 0.4) is 0 Å². The van der Waals surface area contributed by atoms with Crippen LogP contribution in [0.4, 0.5) is 11.4 Å². The molecular formula is C23H20N4O4S. The van der Waals surface area contributed by atoms with Crippen molar-refractivity contribution in [3.05, 3.63) is 82.3 Å². The van der Waals surface area contributed by atoms with Crippen LogP contribution in [0.5, 0.6) is 0 Å². The van der Waals surface area contributed by atoms with E-state index in [2.05, 4.69) is 4.72 Å². The first-order chi connectivity index (χ1) is 15.2. The molecule has 0 bridgehead atoms. The molecule has 1 amide bonds. The van der Waals surface area contributed by atoms with E-state index in [9.17, 15) is 18.0 Å². The highest BCUT2D eigenvalue weighted by Crippen LogP contribution is 2.39. The van der Waals surface area contributed by atoms with Crippen LogP contribution in [0.25, 0.3) is 16.5 Å². The lowest BCUT2D eigenvalue weighted by Gasteiger charge is -2.13. The highest BCUT2D eigenvalue weighted by molar-refractivity contribution is 7.93. The standard InChI is InChI=1S/C23H20N4O4S/c1-14-21(23(29)27(26(14)3)15-8-5-4-6-9-15)24-32(30,31)19-13-12-18-20-16(19)10-7-11-17(20)22(28)25(18)2/h4-13,24H,1-3H3. The molecule has 0 spiro atoms.